The van der Waals surface area contributed by atoms with E-state index in [1.54, 1.807) is 42.5 Å². The Hall–Kier alpha value is -2.49. The van der Waals surface area contributed by atoms with Crippen LogP contribution in [-0.4, -0.2) is 57.1 Å². The zero-order chi connectivity index (χ0) is 29.0. The third kappa shape index (κ3) is 9.89. The summed E-state index contributed by atoms with van der Waals surface area (Å²) in [5.41, 5.74) is 1.04. The van der Waals surface area contributed by atoms with Gasteiger partial charge in [-0.15, -0.1) is 0 Å². The lowest BCUT2D eigenvalue weighted by atomic mass is 10.1. The van der Waals surface area contributed by atoms with Crippen LogP contribution in [0.1, 0.15) is 58.4 Å². The van der Waals surface area contributed by atoms with Crippen molar-refractivity contribution in [1.82, 2.24) is 10.2 Å². The maximum Gasteiger partial charge on any atom is 0.242 e. The van der Waals surface area contributed by atoms with Crippen molar-refractivity contribution in [3.05, 3.63) is 58.1 Å². The molecule has 0 aliphatic carbocycles. The largest absolute Gasteiger partial charge is 0.494 e. The van der Waals surface area contributed by atoms with Crippen molar-refractivity contribution in [2.24, 2.45) is 0 Å². The summed E-state index contributed by atoms with van der Waals surface area (Å²) in [7, 11) is -3.60. The second-order valence-corrected chi connectivity index (χ2v) is 11.9. The number of sulfonamides is 1. The van der Waals surface area contributed by atoms with Crippen molar-refractivity contribution in [1.29, 1.82) is 0 Å². The zero-order valence-corrected chi connectivity index (χ0v) is 25.4. The van der Waals surface area contributed by atoms with Crippen LogP contribution in [0.5, 0.6) is 5.75 Å². The van der Waals surface area contributed by atoms with Crippen molar-refractivity contribution in [3.8, 4) is 5.75 Å². The Kier molecular flexibility index (Phi) is 13.4. The van der Waals surface area contributed by atoms with Crippen molar-refractivity contribution >= 4 is 50.7 Å². The van der Waals surface area contributed by atoms with E-state index in [1.807, 2.05) is 20.8 Å². The molecule has 216 valence electrons. The van der Waals surface area contributed by atoms with Crippen molar-refractivity contribution in [3.63, 3.8) is 0 Å². The minimum absolute atomic E-state index is 0.0316. The quantitative estimate of drug-likeness (QED) is 0.251. The van der Waals surface area contributed by atoms with Gasteiger partial charge < -0.3 is 15.0 Å². The normalized spacial score (nSPS) is 12.1. The molecule has 0 saturated carbocycles. The van der Waals surface area contributed by atoms with E-state index in [4.69, 9.17) is 27.9 Å². The fourth-order valence-corrected chi connectivity index (χ4v) is 5.64. The molecule has 0 fully saturated rings. The molecule has 2 amide bonds. The van der Waals surface area contributed by atoms with Crippen molar-refractivity contribution in [2.45, 2.75) is 65.5 Å². The molecule has 0 bridgehead atoms. The number of carbonyl (C=O) groups excluding carboxylic acids is 2. The number of unbranched alkanes of at least 4 members (excludes halogenated alkanes) is 1. The lowest BCUT2D eigenvalue weighted by molar-refractivity contribution is -0.141. The number of halogens is 2. The highest BCUT2D eigenvalue weighted by molar-refractivity contribution is 7.92. The Balaban J connectivity index is 2.24. The van der Waals surface area contributed by atoms with E-state index in [1.165, 1.54) is 9.21 Å². The molecule has 11 heteroatoms. The summed E-state index contributed by atoms with van der Waals surface area (Å²) in [5, 5.41) is 3.72. The Morgan fingerprint density at radius 3 is 2.18 bits per heavy atom. The van der Waals surface area contributed by atoms with E-state index in [2.05, 4.69) is 5.32 Å². The van der Waals surface area contributed by atoms with Gasteiger partial charge in [-0.2, -0.15) is 0 Å². The molecule has 0 aromatic heterocycles. The molecule has 8 nitrogen and oxygen atoms in total. The maximum atomic E-state index is 13.6. The molecule has 2 rings (SSSR count). The first kappa shape index (κ1) is 32.7. The van der Waals surface area contributed by atoms with Crippen LogP contribution < -0.4 is 14.4 Å². The Morgan fingerprint density at radius 2 is 1.64 bits per heavy atom. The molecule has 0 spiro atoms. The van der Waals surface area contributed by atoms with Gasteiger partial charge in [-0.05, 0) is 62.6 Å². The summed E-state index contributed by atoms with van der Waals surface area (Å²) in [6, 6.07) is 11.1. The van der Waals surface area contributed by atoms with Gasteiger partial charge in [0.15, 0.2) is 0 Å². The number of hydrogen-bond acceptors (Lipinski definition) is 5. The lowest BCUT2D eigenvalue weighted by Gasteiger charge is -2.31. The van der Waals surface area contributed by atoms with Gasteiger partial charge in [0.2, 0.25) is 21.8 Å². The van der Waals surface area contributed by atoms with E-state index < -0.39 is 16.1 Å². The van der Waals surface area contributed by atoms with Crippen LogP contribution in [0, 0.1) is 0 Å². The third-order valence-corrected chi connectivity index (χ3v) is 8.10. The molecule has 0 aliphatic rings. The molecule has 0 saturated heterocycles. The first-order valence-corrected chi connectivity index (χ1v) is 15.8. The van der Waals surface area contributed by atoms with Gasteiger partial charge in [0.1, 0.15) is 11.8 Å². The van der Waals surface area contributed by atoms with Crippen LogP contribution in [0.4, 0.5) is 5.69 Å². The molecule has 1 unspecified atom stereocenters. The van der Waals surface area contributed by atoms with Gasteiger partial charge in [0.25, 0.3) is 0 Å². The van der Waals surface area contributed by atoms with Crippen LogP contribution in [0.3, 0.4) is 0 Å². The van der Waals surface area contributed by atoms with Gasteiger partial charge >= 0.3 is 0 Å². The second kappa shape index (κ2) is 15.9. The summed E-state index contributed by atoms with van der Waals surface area (Å²) < 4.78 is 31.8. The topological polar surface area (TPSA) is 96.0 Å². The summed E-state index contributed by atoms with van der Waals surface area (Å²) >= 11 is 12.8. The van der Waals surface area contributed by atoms with E-state index in [-0.39, 0.29) is 37.7 Å². The van der Waals surface area contributed by atoms with Gasteiger partial charge in [-0.1, -0.05) is 49.5 Å². The highest BCUT2D eigenvalue weighted by atomic mass is 35.5. The monoisotopic (exact) mass is 599 g/mol. The number of nitrogens with one attached hydrogen (secondary N) is 1. The molecule has 1 N–H and O–H groups in total. The molecule has 2 aromatic rings. The smallest absolute Gasteiger partial charge is 0.242 e. The number of amides is 2. The van der Waals surface area contributed by atoms with Crippen LogP contribution in [0.2, 0.25) is 10.0 Å². The van der Waals surface area contributed by atoms with Gasteiger partial charge in [0.05, 0.1) is 18.6 Å². The predicted octanol–water partition coefficient (Wildman–Crippen LogP) is 5.66. The standard InChI is InChI=1S/C28H39Cl2N3O5S/c1-5-8-18-31-28(35)26(6-2)32(20-23-24(29)11-9-12-25(23)30)27(34)13-10-19-33(39(4,36)37)21-14-16-22(17-15-21)38-7-3/h9,11-12,14-17,26H,5-8,10,13,18-20H2,1-4H3,(H,31,35). The van der Waals surface area contributed by atoms with Crippen LogP contribution in [-0.2, 0) is 26.2 Å². The molecule has 39 heavy (non-hydrogen) atoms. The average Bonchev–Trinajstić information content (AvgIpc) is 2.88. The molecular formula is C28H39Cl2N3O5S. The molecule has 0 radical (unpaired) electrons. The molecular weight excluding hydrogens is 561 g/mol. The number of anilines is 1. The van der Waals surface area contributed by atoms with E-state index >= 15 is 0 Å². The number of carbonyl (C=O) groups is 2. The molecule has 0 heterocycles. The molecule has 2 aromatic carbocycles. The SMILES string of the molecule is CCCCNC(=O)C(CC)N(Cc1c(Cl)cccc1Cl)C(=O)CCCN(c1ccc(OCC)cc1)S(C)(=O)=O. The van der Waals surface area contributed by atoms with Crippen LogP contribution in [0.25, 0.3) is 0 Å². The summed E-state index contributed by atoms with van der Waals surface area (Å²) in [6.07, 6.45) is 3.57. The summed E-state index contributed by atoms with van der Waals surface area (Å²) in [4.78, 5) is 28.1. The first-order valence-electron chi connectivity index (χ1n) is 13.2. The third-order valence-electron chi connectivity index (χ3n) is 6.19. The number of hydrogen-bond donors (Lipinski definition) is 1. The van der Waals surface area contributed by atoms with Gasteiger partial charge in [0, 0.05) is 41.7 Å². The van der Waals surface area contributed by atoms with Crippen LogP contribution in [0.15, 0.2) is 42.5 Å². The molecule has 1 atom stereocenters. The Morgan fingerprint density at radius 1 is 1.00 bits per heavy atom. The zero-order valence-electron chi connectivity index (χ0n) is 23.1. The minimum Gasteiger partial charge on any atom is -0.494 e. The highest BCUT2D eigenvalue weighted by Crippen LogP contribution is 2.28. The maximum absolute atomic E-state index is 13.6. The van der Waals surface area contributed by atoms with Gasteiger partial charge in [-0.25, -0.2) is 8.42 Å². The van der Waals surface area contributed by atoms with Crippen LogP contribution >= 0.6 is 23.2 Å². The number of ether oxygens (including phenoxy) is 1. The van der Waals surface area contributed by atoms with Crippen molar-refractivity contribution < 1.29 is 22.7 Å². The van der Waals surface area contributed by atoms with E-state index in [0.717, 1.165) is 19.1 Å². The fraction of sp³-hybridized carbons (Fsp3) is 0.500. The number of nitrogens with zero attached hydrogens (tertiary/aromatic N) is 2. The average molecular weight is 601 g/mol. The Bertz CT molecular complexity index is 1170. The first-order chi connectivity index (χ1) is 18.5. The van der Waals surface area contributed by atoms with E-state index in [9.17, 15) is 18.0 Å². The van der Waals surface area contributed by atoms with Crippen molar-refractivity contribution in [2.75, 3.05) is 30.3 Å². The van der Waals surface area contributed by atoms with Gasteiger partial charge in [-0.3, -0.25) is 13.9 Å². The lowest BCUT2D eigenvalue weighted by Crippen LogP contribution is -2.49. The minimum atomic E-state index is -3.60. The number of rotatable bonds is 16. The summed E-state index contributed by atoms with van der Waals surface area (Å²) in [5.74, 6) is 0.111. The number of benzene rings is 2. The highest BCUT2D eigenvalue weighted by Gasteiger charge is 2.29. The van der Waals surface area contributed by atoms with E-state index in [0.29, 0.717) is 46.6 Å². The predicted molar refractivity (Wildman–Crippen MR) is 158 cm³/mol. The second-order valence-electron chi connectivity index (χ2n) is 9.16. The summed E-state index contributed by atoms with van der Waals surface area (Å²) in [6.45, 7) is 6.93. The Labute approximate surface area is 242 Å². The fourth-order valence-electron chi connectivity index (χ4n) is 4.16. The molecule has 0 aliphatic heterocycles.